The lowest BCUT2D eigenvalue weighted by atomic mass is 10.3. The smallest absolute Gasteiger partial charge is 0.284 e. The van der Waals surface area contributed by atoms with Gasteiger partial charge in [-0.3, -0.25) is 14.5 Å². The number of nitrogens with two attached hydrogens (primary N) is 1. The molecule has 1 saturated heterocycles. The summed E-state index contributed by atoms with van der Waals surface area (Å²) in [6.07, 6.45) is 4.18. The number of primary amides is 1. The van der Waals surface area contributed by atoms with Gasteiger partial charge >= 0.3 is 0 Å². The number of hydrogen-bond acceptors (Lipinski definition) is 4. The number of carbonyl (C=O) groups excluding carboxylic acids is 2. The Hall–Kier alpha value is -1.89. The zero-order chi connectivity index (χ0) is 12.3. The quantitative estimate of drug-likeness (QED) is 0.646. The van der Waals surface area contributed by atoms with E-state index < -0.39 is 5.91 Å². The lowest BCUT2D eigenvalue weighted by Gasteiger charge is -2.26. The van der Waals surface area contributed by atoms with Crippen LogP contribution in [0.25, 0.3) is 0 Å². The molecule has 2 heterocycles. The first-order valence-corrected chi connectivity index (χ1v) is 5.39. The van der Waals surface area contributed by atoms with Crippen LogP contribution in [0.4, 0.5) is 0 Å². The molecule has 1 aliphatic rings. The zero-order valence-corrected chi connectivity index (χ0v) is 9.35. The van der Waals surface area contributed by atoms with Crippen LogP contribution in [0.3, 0.4) is 0 Å². The number of nitrogens with zero attached hydrogens (tertiary/aromatic N) is 3. The molecule has 0 unspecified atom stereocenters. The molecule has 2 amide bonds. The van der Waals surface area contributed by atoms with Gasteiger partial charge in [0.2, 0.25) is 5.91 Å². The molecule has 0 spiro atoms. The highest BCUT2D eigenvalue weighted by molar-refractivity contribution is 5.89. The molecule has 2 rings (SSSR count). The highest BCUT2D eigenvalue weighted by Crippen LogP contribution is 1.99. The number of amides is 2. The van der Waals surface area contributed by atoms with Gasteiger partial charge < -0.3 is 15.6 Å². The van der Waals surface area contributed by atoms with Gasteiger partial charge in [0.05, 0.1) is 6.54 Å². The highest BCUT2D eigenvalue weighted by atomic mass is 16.2. The lowest BCUT2D eigenvalue weighted by molar-refractivity contribution is -0.124. The van der Waals surface area contributed by atoms with Gasteiger partial charge in [-0.2, -0.15) is 0 Å². The molecule has 91 valence electrons. The van der Waals surface area contributed by atoms with Crippen LogP contribution in [0.1, 0.15) is 10.6 Å². The molecule has 0 bridgehead atoms. The maximum atomic E-state index is 11.2. The van der Waals surface area contributed by atoms with E-state index in [1.807, 2.05) is 4.90 Å². The van der Waals surface area contributed by atoms with E-state index in [0.29, 0.717) is 26.2 Å². The summed E-state index contributed by atoms with van der Waals surface area (Å²) in [6.45, 7) is 3.12. The number of carbonyl (C=O) groups is 2. The van der Waals surface area contributed by atoms with E-state index in [0.717, 1.165) is 6.54 Å². The van der Waals surface area contributed by atoms with E-state index >= 15 is 0 Å². The van der Waals surface area contributed by atoms with Gasteiger partial charge in [-0.05, 0) is 0 Å². The molecule has 17 heavy (non-hydrogen) atoms. The Morgan fingerprint density at radius 3 is 3.12 bits per heavy atom. The third-order valence-electron chi connectivity index (χ3n) is 2.65. The van der Waals surface area contributed by atoms with Gasteiger partial charge in [-0.1, -0.05) is 0 Å². The lowest BCUT2D eigenvalue weighted by Crippen LogP contribution is -2.48. The van der Waals surface area contributed by atoms with E-state index in [9.17, 15) is 9.59 Å². The molecule has 1 aromatic heterocycles. The molecular formula is C10H14N5O2. The Bertz CT molecular complexity index is 428. The Balaban J connectivity index is 1.91. The van der Waals surface area contributed by atoms with Gasteiger partial charge in [-0.25, -0.2) is 4.98 Å². The normalized spacial score (nSPS) is 16.8. The van der Waals surface area contributed by atoms with Crippen molar-refractivity contribution in [2.45, 2.75) is 6.54 Å². The fourth-order valence-electron chi connectivity index (χ4n) is 1.78. The monoisotopic (exact) mass is 236 g/mol. The summed E-state index contributed by atoms with van der Waals surface area (Å²) in [5.74, 6) is -0.335. The Labute approximate surface area is 98.6 Å². The van der Waals surface area contributed by atoms with Crippen molar-refractivity contribution >= 4 is 11.8 Å². The highest BCUT2D eigenvalue weighted by Gasteiger charge is 2.16. The summed E-state index contributed by atoms with van der Waals surface area (Å²) in [4.78, 5) is 28.0. The van der Waals surface area contributed by atoms with Gasteiger partial charge in [0.15, 0.2) is 5.82 Å². The van der Waals surface area contributed by atoms with E-state index in [-0.39, 0.29) is 11.7 Å². The molecule has 1 aliphatic heterocycles. The zero-order valence-electron chi connectivity index (χ0n) is 9.35. The Morgan fingerprint density at radius 2 is 2.41 bits per heavy atom. The third kappa shape index (κ3) is 2.82. The fourth-order valence-corrected chi connectivity index (χ4v) is 1.78. The first kappa shape index (κ1) is 11.6. The molecule has 1 aromatic rings. The van der Waals surface area contributed by atoms with Crippen molar-refractivity contribution < 1.29 is 9.59 Å². The minimum Gasteiger partial charge on any atom is -0.363 e. The van der Waals surface area contributed by atoms with Crippen molar-refractivity contribution in [3.05, 3.63) is 18.2 Å². The molecule has 3 N–H and O–H groups in total. The van der Waals surface area contributed by atoms with Crippen LogP contribution in [-0.2, 0) is 11.3 Å². The van der Waals surface area contributed by atoms with Crippen molar-refractivity contribution in [2.75, 3.05) is 26.2 Å². The Morgan fingerprint density at radius 1 is 1.59 bits per heavy atom. The van der Waals surface area contributed by atoms with Crippen molar-refractivity contribution in [1.82, 2.24) is 19.8 Å². The molecule has 0 aliphatic carbocycles. The van der Waals surface area contributed by atoms with E-state index in [4.69, 9.17) is 5.73 Å². The minimum atomic E-state index is -0.567. The molecule has 0 saturated carbocycles. The predicted molar refractivity (Wildman–Crippen MR) is 59.0 cm³/mol. The molecule has 7 heteroatoms. The number of rotatable bonds is 4. The average molecular weight is 236 g/mol. The van der Waals surface area contributed by atoms with Gasteiger partial charge in [-0.15, -0.1) is 0 Å². The maximum Gasteiger partial charge on any atom is 0.284 e. The van der Waals surface area contributed by atoms with E-state index in [2.05, 4.69) is 16.5 Å². The maximum absolute atomic E-state index is 11.2. The summed E-state index contributed by atoms with van der Waals surface area (Å²) < 4.78 is 1.65. The number of nitrogens with one attached hydrogen (secondary N) is 1. The van der Waals surface area contributed by atoms with E-state index in [1.165, 1.54) is 0 Å². The molecule has 7 nitrogen and oxygen atoms in total. The summed E-state index contributed by atoms with van der Waals surface area (Å²) >= 11 is 0. The van der Waals surface area contributed by atoms with Crippen LogP contribution in [0.15, 0.2) is 6.20 Å². The number of hydrogen-bond donors (Lipinski definition) is 2. The molecular weight excluding hydrogens is 222 g/mol. The van der Waals surface area contributed by atoms with Crippen molar-refractivity contribution in [3.8, 4) is 0 Å². The van der Waals surface area contributed by atoms with E-state index in [1.54, 1.807) is 10.8 Å². The van der Waals surface area contributed by atoms with Gasteiger partial charge in [0.1, 0.15) is 6.20 Å². The van der Waals surface area contributed by atoms with Crippen LogP contribution in [0.5, 0.6) is 0 Å². The first-order chi connectivity index (χ1) is 8.16. The van der Waals surface area contributed by atoms with Crippen LogP contribution in [-0.4, -0.2) is 52.4 Å². The van der Waals surface area contributed by atoms with Crippen LogP contribution < -0.4 is 11.1 Å². The standard InChI is InChI=1S/C10H14N5O2/c11-9(17)10-13-2-4-15(10)6-5-14-3-1-12-8(16)7-14/h4H,1,3,5-7H2,(H2,11,17)(H,12,16). The summed E-state index contributed by atoms with van der Waals surface area (Å²) in [5.41, 5.74) is 5.17. The third-order valence-corrected chi connectivity index (χ3v) is 2.65. The second kappa shape index (κ2) is 4.96. The minimum absolute atomic E-state index is 0.0311. The molecule has 0 atom stereocenters. The summed E-state index contributed by atoms with van der Waals surface area (Å²) in [5, 5.41) is 2.75. The average Bonchev–Trinajstić information content (AvgIpc) is 2.74. The summed E-state index contributed by atoms with van der Waals surface area (Å²) in [6, 6.07) is 0. The Kier molecular flexibility index (Phi) is 3.38. The molecule has 1 fully saturated rings. The van der Waals surface area contributed by atoms with Gasteiger partial charge in [0, 0.05) is 32.4 Å². The molecule has 0 aromatic carbocycles. The number of aromatic nitrogens is 2. The van der Waals surface area contributed by atoms with Crippen molar-refractivity contribution in [3.63, 3.8) is 0 Å². The summed E-state index contributed by atoms with van der Waals surface area (Å²) in [7, 11) is 0. The topological polar surface area (TPSA) is 93.2 Å². The number of imidazole rings is 1. The first-order valence-electron chi connectivity index (χ1n) is 5.39. The van der Waals surface area contributed by atoms with Gasteiger partial charge in [0.25, 0.3) is 5.91 Å². The second-order valence-electron chi connectivity index (χ2n) is 3.88. The fraction of sp³-hybridized carbons (Fsp3) is 0.500. The van der Waals surface area contributed by atoms with Crippen molar-refractivity contribution in [1.29, 1.82) is 0 Å². The molecule has 1 radical (unpaired) electrons. The predicted octanol–water partition coefficient (Wildman–Crippen LogP) is -1.79. The largest absolute Gasteiger partial charge is 0.363 e. The number of piperazine rings is 1. The SMILES string of the molecule is NC(=O)c1n[c]cn1CCN1CCNC(=O)C1. The van der Waals surface area contributed by atoms with Crippen molar-refractivity contribution in [2.24, 2.45) is 5.73 Å². The second-order valence-corrected chi connectivity index (χ2v) is 3.88. The van der Waals surface area contributed by atoms with Crippen LogP contribution in [0, 0.1) is 6.20 Å². The van der Waals surface area contributed by atoms with Crippen LogP contribution >= 0.6 is 0 Å². The van der Waals surface area contributed by atoms with Crippen LogP contribution in [0.2, 0.25) is 0 Å².